The Hall–Kier alpha value is -4.86. The summed E-state index contributed by atoms with van der Waals surface area (Å²) in [7, 11) is 0. The van der Waals surface area contributed by atoms with Gasteiger partial charge in [0, 0.05) is 38.0 Å². The van der Waals surface area contributed by atoms with Gasteiger partial charge < -0.3 is 9.47 Å². The summed E-state index contributed by atoms with van der Waals surface area (Å²) in [6, 6.07) is 54.3. The number of anilines is 3. The van der Waals surface area contributed by atoms with E-state index < -0.39 is 0 Å². The zero-order valence-corrected chi connectivity index (χ0v) is 23.8. The minimum atomic E-state index is 1.09. The zero-order chi connectivity index (χ0) is 27.3. The van der Waals surface area contributed by atoms with E-state index in [4.69, 9.17) is 0 Å². The van der Waals surface area contributed by atoms with Gasteiger partial charge in [0.15, 0.2) is 0 Å². The van der Waals surface area contributed by atoms with Crippen molar-refractivity contribution in [2.45, 2.75) is 0 Å². The standard InChI is InChI=1S/C38H25BrN2/c39-30-23-28-17-16-27-22-29(24-35-37(27)38(28)36(25-30)41(35)33-14-8-3-9-15-33)26-18-20-34(21-19-26)40(31-10-4-1-5-11-31)32-12-6-2-7-13-32/h1-25H. The number of para-hydroxylation sites is 3. The highest BCUT2D eigenvalue weighted by Gasteiger charge is 2.19. The summed E-state index contributed by atoms with van der Waals surface area (Å²) >= 11 is 3.76. The first-order valence-corrected chi connectivity index (χ1v) is 14.6. The van der Waals surface area contributed by atoms with E-state index in [2.05, 4.69) is 177 Å². The van der Waals surface area contributed by atoms with Crippen LogP contribution in [0.2, 0.25) is 0 Å². The fraction of sp³-hybridized carbons (Fsp3) is 0. The van der Waals surface area contributed by atoms with Crippen LogP contribution in [0.15, 0.2) is 156 Å². The summed E-state index contributed by atoms with van der Waals surface area (Å²) in [6.45, 7) is 0. The van der Waals surface area contributed by atoms with E-state index in [-0.39, 0.29) is 0 Å². The second-order valence-electron chi connectivity index (χ2n) is 10.4. The van der Waals surface area contributed by atoms with Crippen LogP contribution in [0.4, 0.5) is 17.1 Å². The molecule has 0 bridgehead atoms. The fourth-order valence-electron chi connectivity index (χ4n) is 6.16. The van der Waals surface area contributed by atoms with E-state index in [1.54, 1.807) is 0 Å². The van der Waals surface area contributed by atoms with Crippen LogP contribution in [-0.4, -0.2) is 4.57 Å². The Morgan fingerprint density at radius 3 is 1.56 bits per heavy atom. The minimum absolute atomic E-state index is 1.09. The molecule has 3 heteroatoms. The van der Waals surface area contributed by atoms with Gasteiger partial charge in [0.2, 0.25) is 0 Å². The van der Waals surface area contributed by atoms with E-state index in [0.717, 1.165) is 21.5 Å². The maximum atomic E-state index is 3.76. The molecule has 0 amide bonds. The summed E-state index contributed by atoms with van der Waals surface area (Å²) in [6.07, 6.45) is 0. The smallest absolute Gasteiger partial charge is 0.0558 e. The van der Waals surface area contributed by atoms with E-state index in [0.29, 0.717) is 0 Å². The molecule has 1 heterocycles. The lowest BCUT2D eigenvalue weighted by molar-refractivity contribution is 1.18. The van der Waals surface area contributed by atoms with Crippen molar-refractivity contribution < 1.29 is 0 Å². The maximum absolute atomic E-state index is 3.76. The molecular formula is C38H25BrN2. The monoisotopic (exact) mass is 588 g/mol. The third-order valence-electron chi connectivity index (χ3n) is 7.94. The second kappa shape index (κ2) is 9.65. The van der Waals surface area contributed by atoms with Gasteiger partial charge in [-0.25, -0.2) is 0 Å². The molecule has 0 radical (unpaired) electrons. The minimum Gasteiger partial charge on any atom is -0.311 e. The highest BCUT2D eigenvalue weighted by molar-refractivity contribution is 9.10. The average Bonchev–Trinajstić information content (AvgIpc) is 3.36. The Balaban J connectivity index is 1.31. The van der Waals surface area contributed by atoms with Gasteiger partial charge >= 0.3 is 0 Å². The molecule has 8 aromatic rings. The van der Waals surface area contributed by atoms with E-state index in [9.17, 15) is 0 Å². The van der Waals surface area contributed by atoms with Gasteiger partial charge in [0.1, 0.15) is 0 Å². The lowest BCUT2D eigenvalue weighted by Gasteiger charge is -2.25. The van der Waals surface area contributed by atoms with Gasteiger partial charge in [-0.2, -0.15) is 0 Å². The third kappa shape index (κ3) is 4.01. The van der Waals surface area contributed by atoms with Crippen molar-refractivity contribution in [1.29, 1.82) is 0 Å². The molecule has 0 fully saturated rings. The van der Waals surface area contributed by atoms with Crippen LogP contribution < -0.4 is 4.90 Å². The summed E-state index contributed by atoms with van der Waals surface area (Å²) in [5, 5.41) is 5.13. The van der Waals surface area contributed by atoms with Crippen LogP contribution in [0, 0.1) is 0 Å². The Kier molecular flexibility index (Phi) is 5.65. The molecule has 1 aromatic heterocycles. The quantitative estimate of drug-likeness (QED) is 0.181. The summed E-state index contributed by atoms with van der Waals surface area (Å²) < 4.78 is 3.49. The van der Waals surface area contributed by atoms with E-state index in [1.165, 1.54) is 49.4 Å². The van der Waals surface area contributed by atoms with Gasteiger partial charge in [-0.1, -0.05) is 94.8 Å². The molecular weight excluding hydrogens is 564 g/mol. The fourth-order valence-corrected chi connectivity index (χ4v) is 6.62. The highest BCUT2D eigenvalue weighted by Crippen LogP contribution is 2.43. The van der Waals surface area contributed by atoms with Crippen molar-refractivity contribution in [3.8, 4) is 16.8 Å². The van der Waals surface area contributed by atoms with Gasteiger partial charge in [-0.15, -0.1) is 0 Å². The second-order valence-corrected chi connectivity index (χ2v) is 11.3. The van der Waals surface area contributed by atoms with Gasteiger partial charge in [-0.3, -0.25) is 0 Å². The molecule has 41 heavy (non-hydrogen) atoms. The normalized spacial score (nSPS) is 11.5. The highest BCUT2D eigenvalue weighted by atomic mass is 79.9. The molecule has 0 N–H and O–H groups in total. The molecule has 0 aliphatic rings. The Morgan fingerprint density at radius 2 is 0.951 bits per heavy atom. The first kappa shape index (κ1) is 24.0. The predicted molar refractivity (Wildman–Crippen MR) is 177 cm³/mol. The van der Waals surface area contributed by atoms with Gasteiger partial charge in [0.05, 0.1) is 11.0 Å². The summed E-state index contributed by atoms with van der Waals surface area (Å²) in [5.41, 5.74) is 9.40. The molecule has 0 atom stereocenters. The largest absolute Gasteiger partial charge is 0.311 e. The van der Waals surface area contributed by atoms with Gasteiger partial charge in [-0.05, 0) is 94.7 Å². The molecule has 0 unspecified atom stereocenters. The Morgan fingerprint density at radius 1 is 0.439 bits per heavy atom. The number of nitrogens with zero attached hydrogens (tertiary/aromatic N) is 2. The molecule has 0 saturated heterocycles. The molecule has 7 aromatic carbocycles. The van der Waals surface area contributed by atoms with Crippen molar-refractivity contribution in [3.63, 3.8) is 0 Å². The number of hydrogen-bond acceptors (Lipinski definition) is 1. The molecule has 0 saturated carbocycles. The number of halogens is 1. The van der Waals surface area contributed by atoms with Crippen molar-refractivity contribution in [2.75, 3.05) is 4.90 Å². The van der Waals surface area contributed by atoms with Crippen LogP contribution in [0.25, 0.3) is 49.4 Å². The summed E-state index contributed by atoms with van der Waals surface area (Å²) in [4.78, 5) is 2.30. The molecule has 194 valence electrons. The van der Waals surface area contributed by atoms with Crippen LogP contribution >= 0.6 is 15.9 Å². The van der Waals surface area contributed by atoms with Crippen molar-refractivity contribution in [1.82, 2.24) is 4.57 Å². The average molecular weight is 590 g/mol. The lowest BCUT2D eigenvalue weighted by Crippen LogP contribution is -2.09. The molecule has 0 spiro atoms. The van der Waals surface area contributed by atoms with E-state index in [1.807, 2.05) is 0 Å². The van der Waals surface area contributed by atoms with Crippen LogP contribution in [-0.2, 0) is 0 Å². The Labute approximate surface area is 247 Å². The van der Waals surface area contributed by atoms with Crippen LogP contribution in [0.3, 0.4) is 0 Å². The number of aromatic nitrogens is 1. The lowest BCUT2D eigenvalue weighted by atomic mass is 9.97. The number of rotatable bonds is 5. The number of benzene rings is 7. The SMILES string of the molecule is Brc1cc2ccc3cc(-c4ccc(N(c5ccccc5)c5ccccc5)cc4)cc4c3c2c(c1)n4-c1ccccc1. The first-order valence-electron chi connectivity index (χ1n) is 13.8. The van der Waals surface area contributed by atoms with Crippen LogP contribution in [0.5, 0.6) is 0 Å². The van der Waals surface area contributed by atoms with Gasteiger partial charge in [0.25, 0.3) is 0 Å². The topological polar surface area (TPSA) is 8.17 Å². The van der Waals surface area contributed by atoms with E-state index >= 15 is 0 Å². The molecule has 0 aliphatic carbocycles. The molecule has 8 rings (SSSR count). The Bertz CT molecular complexity index is 2090. The zero-order valence-electron chi connectivity index (χ0n) is 22.2. The number of hydrogen-bond donors (Lipinski definition) is 0. The van der Waals surface area contributed by atoms with Crippen molar-refractivity contribution >= 4 is 65.6 Å². The third-order valence-corrected chi connectivity index (χ3v) is 8.39. The predicted octanol–water partition coefficient (Wildman–Crippen LogP) is 11.3. The first-order chi connectivity index (χ1) is 20.2. The summed E-state index contributed by atoms with van der Waals surface area (Å²) in [5.74, 6) is 0. The van der Waals surface area contributed by atoms with Crippen molar-refractivity contribution in [2.24, 2.45) is 0 Å². The molecule has 2 nitrogen and oxygen atoms in total. The maximum Gasteiger partial charge on any atom is 0.0558 e. The molecule has 0 aliphatic heterocycles. The van der Waals surface area contributed by atoms with Crippen molar-refractivity contribution in [3.05, 3.63) is 156 Å². The van der Waals surface area contributed by atoms with Crippen LogP contribution in [0.1, 0.15) is 0 Å².